The molecule has 0 aromatic heterocycles. The van der Waals surface area contributed by atoms with Crippen LogP contribution >= 0.6 is 39.1 Å². The molecule has 0 aliphatic carbocycles. The Morgan fingerprint density at radius 3 is 2.40 bits per heavy atom. The van der Waals surface area contributed by atoms with E-state index >= 15 is 0 Å². The Balaban J connectivity index is 2.28. The van der Waals surface area contributed by atoms with Gasteiger partial charge in [0.2, 0.25) is 0 Å². The van der Waals surface area contributed by atoms with Crippen molar-refractivity contribution >= 4 is 50.7 Å². The monoisotopic (exact) mass is 375 g/mol. The lowest BCUT2D eigenvalue weighted by Gasteiger charge is -2.09. The largest absolute Gasteiger partial charge is 0.504 e. The van der Waals surface area contributed by atoms with E-state index in [1.54, 1.807) is 12.1 Å². The highest BCUT2D eigenvalue weighted by atomic mass is 79.9. The number of aromatic hydroxyl groups is 2. The zero-order valence-corrected chi connectivity index (χ0v) is 12.9. The second kappa shape index (κ2) is 5.91. The fraction of sp³-hybridized carbons (Fsp3) is 0. The quantitative estimate of drug-likeness (QED) is 0.536. The normalized spacial score (nSPS) is 10.3. The van der Waals surface area contributed by atoms with Gasteiger partial charge in [-0.2, -0.15) is 0 Å². The average Bonchev–Trinajstić information content (AvgIpc) is 2.42. The number of benzene rings is 2. The number of anilines is 1. The van der Waals surface area contributed by atoms with Crippen molar-refractivity contribution in [3.05, 3.63) is 50.4 Å². The summed E-state index contributed by atoms with van der Waals surface area (Å²) in [6.07, 6.45) is 0. The molecule has 104 valence electrons. The Kier molecular flexibility index (Phi) is 4.42. The predicted octanol–water partition coefficient (Wildman–Crippen LogP) is 4.42. The number of phenols is 2. The van der Waals surface area contributed by atoms with Gasteiger partial charge in [0.1, 0.15) is 0 Å². The molecule has 2 aromatic carbocycles. The van der Waals surface area contributed by atoms with Crippen molar-refractivity contribution in [1.82, 2.24) is 0 Å². The van der Waals surface area contributed by atoms with Crippen LogP contribution in [0.25, 0.3) is 0 Å². The molecule has 1 amide bonds. The number of phenolic OH excluding ortho intramolecular Hbond substituents is 2. The summed E-state index contributed by atoms with van der Waals surface area (Å²) >= 11 is 15.2. The third-order valence-electron chi connectivity index (χ3n) is 2.52. The van der Waals surface area contributed by atoms with E-state index < -0.39 is 5.91 Å². The summed E-state index contributed by atoms with van der Waals surface area (Å²) in [6, 6.07) is 6.99. The highest BCUT2D eigenvalue weighted by Crippen LogP contribution is 2.36. The molecule has 7 heteroatoms. The van der Waals surface area contributed by atoms with Gasteiger partial charge in [-0.25, -0.2) is 0 Å². The summed E-state index contributed by atoms with van der Waals surface area (Å²) in [5.74, 6) is -1.16. The number of hydrogen-bond donors (Lipinski definition) is 3. The molecule has 0 heterocycles. The number of rotatable bonds is 2. The van der Waals surface area contributed by atoms with Crippen LogP contribution in [0.3, 0.4) is 0 Å². The van der Waals surface area contributed by atoms with Crippen LogP contribution in [0.1, 0.15) is 10.4 Å². The molecule has 0 aliphatic heterocycles. The van der Waals surface area contributed by atoms with Gasteiger partial charge in [0.25, 0.3) is 5.91 Å². The molecule has 0 spiro atoms. The maximum Gasteiger partial charge on any atom is 0.255 e. The molecule has 0 saturated heterocycles. The first-order chi connectivity index (χ1) is 9.40. The fourth-order valence-electron chi connectivity index (χ4n) is 1.48. The number of carbonyl (C=O) groups is 1. The van der Waals surface area contributed by atoms with Crippen LogP contribution in [-0.2, 0) is 0 Å². The SMILES string of the molecule is O=C(Nc1ccc(Br)c(Cl)c1Cl)c1ccc(O)c(O)c1. The molecule has 2 aromatic rings. The van der Waals surface area contributed by atoms with Gasteiger partial charge in [-0.05, 0) is 46.3 Å². The number of hydrogen-bond acceptors (Lipinski definition) is 3. The smallest absolute Gasteiger partial charge is 0.255 e. The van der Waals surface area contributed by atoms with Crippen LogP contribution in [0.15, 0.2) is 34.8 Å². The summed E-state index contributed by atoms with van der Waals surface area (Å²) < 4.78 is 0.615. The molecule has 0 saturated carbocycles. The average molecular weight is 377 g/mol. The van der Waals surface area contributed by atoms with Crippen LogP contribution in [0.5, 0.6) is 11.5 Å². The standard InChI is InChI=1S/C13H8BrCl2NO3/c14-7-2-3-8(12(16)11(7)15)17-13(20)6-1-4-9(18)10(19)5-6/h1-5,18-19H,(H,17,20). The van der Waals surface area contributed by atoms with E-state index in [0.717, 1.165) is 6.07 Å². The molecular weight excluding hydrogens is 369 g/mol. The van der Waals surface area contributed by atoms with E-state index in [-0.39, 0.29) is 27.1 Å². The zero-order chi connectivity index (χ0) is 14.9. The Hall–Kier alpha value is -1.43. The molecular formula is C13H8BrCl2NO3. The van der Waals surface area contributed by atoms with Gasteiger partial charge < -0.3 is 15.5 Å². The van der Waals surface area contributed by atoms with Crippen molar-refractivity contribution in [1.29, 1.82) is 0 Å². The Morgan fingerprint density at radius 2 is 1.75 bits per heavy atom. The fourth-order valence-corrected chi connectivity index (χ4v) is 2.30. The molecule has 0 bridgehead atoms. The Bertz CT molecular complexity index is 692. The van der Waals surface area contributed by atoms with Crippen molar-refractivity contribution in [3.8, 4) is 11.5 Å². The van der Waals surface area contributed by atoms with E-state index in [1.165, 1.54) is 12.1 Å². The van der Waals surface area contributed by atoms with E-state index in [0.29, 0.717) is 10.2 Å². The van der Waals surface area contributed by atoms with Crippen LogP contribution in [-0.4, -0.2) is 16.1 Å². The molecule has 0 atom stereocenters. The first-order valence-electron chi connectivity index (χ1n) is 5.37. The zero-order valence-electron chi connectivity index (χ0n) is 9.82. The molecule has 20 heavy (non-hydrogen) atoms. The summed E-state index contributed by atoms with van der Waals surface area (Å²) in [4.78, 5) is 12.0. The Morgan fingerprint density at radius 1 is 1.05 bits per heavy atom. The van der Waals surface area contributed by atoms with Crippen LogP contribution < -0.4 is 5.32 Å². The van der Waals surface area contributed by atoms with E-state index in [1.807, 2.05) is 0 Å². The highest BCUT2D eigenvalue weighted by Gasteiger charge is 2.13. The van der Waals surface area contributed by atoms with Gasteiger partial charge in [0.15, 0.2) is 11.5 Å². The number of halogens is 3. The van der Waals surface area contributed by atoms with Crippen LogP contribution in [0.4, 0.5) is 5.69 Å². The molecule has 2 rings (SSSR count). The summed E-state index contributed by atoms with van der Waals surface area (Å²) in [5, 5.41) is 21.6. The third-order valence-corrected chi connectivity index (χ3v) is 4.29. The van der Waals surface area contributed by atoms with Gasteiger partial charge in [-0.3, -0.25) is 4.79 Å². The van der Waals surface area contributed by atoms with Gasteiger partial charge >= 0.3 is 0 Å². The number of nitrogens with one attached hydrogen (secondary N) is 1. The third kappa shape index (κ3) is 3.00. The molecule has 4 nitrogen and oxygen atoms in total. The van der Waals surface area contributed by atoms with Crippen molar-refractivity contribution in [3.63, 3.8) is 0 Å². The summed E-state index contributed by atoms with van der Waals surface area (Å²) in [6.45, 7) is 0. The van der Waals surface area contributed by atoms with Crippen molar-refractivity contribution in [2.75, 3.05) is 5.32 Å². The first kappa shape index (κ1) is 15.0. The molecule has 3 N–H and O–H groups in total. The first-order valence-corrected chi connectivity index (χ1v) is 6.92. The molecule has 0 aliphatic rings. The van der Waals surface area contributed by atoms with Crippen LogP contribution in [0.2, 0.25) is 10.0 Å². The second-order valence-electron chi connectivity index (χ2n) is 3.88. The maximum atomic E-state index is 12.0. The molecule has 0 radical (unpaired) electrons. The van der Waals surface area contributed by atoms with E-state index in [2.05, 4.69) is 21.2 Å². The minimum Gasteiger partial charge on any atom is -0.504 e. The minimum absolute atomic E-state index is 0.176. The summed E-state index contributed by atoms with van der Waals surface area (Å²) in [5.41, 5.74) is 0.521. The summed E-state index contributed by atoms with van der Waals surface area (Å²) in [7, 11) is 0. The lowest BCUT2D eigenvalue weighted by Crippen LogP contribution is -2.12. The lowest BCUT2D eigenvalue weighted by atomic mass is 10.2. The van der Waals surface area contributed by atoms with Gasteiger partial charge in [-0.15, -0.1) is 0 Å². The van der Waals surface area contributed by atoms with Gasteiger partial charge in [-0.1, -0.05) is 23.2 Å². The minimum atomic E-state index is -0.486. The van der Waals surface area contributed by atoms with Crippen molar-refractivity contribution in [2.24, 2.45) is 0 Å². The topological polar surface area (TPSA) is 69.6 Å². The Labute approximate surface area is 133 Å². The van der Waals surface area contributed by atoms with Crippen molar-refractivity contribution in [2.45, 2.75) is 0 Å². The van der Waals surface area contributed by atoms with Crippen molar-refractivity contribution < 1.29 is 15.0 Å². The lowest BCUT2D eigenvalue weighted by molar-refractivity contribution is 0.102. The van der Waals surface area contributed by atoms with E-state index in [9.17, 15) is 15.0 Å². The number of carbonyl (C=O) groups excluding carboxylic acids is 1. The van der Waals surface area contributed by atoms with Gasteiger partial charge in [0, 0.05) is 10.0 Å². The van der Waals surface area contributed by atoms with Gasteiger partial charge in [0.05, 0.1) is 15.7 Å². The predicted molar refractivity (Wildman–Crippen MR) is 81.9 cm³/mol. The van der Waals surface area contributed by atoms with Crippen LogP contribution in [0, 0.1) is 0 Å². The number of amides is 1. The second-order valence-corrected chi connectivity index (χ2v) is 5.49. The molecule has 0 fully saturated rings. The highest BCUT2D eigenvalue weighted by molar-refractivity contribution is 9.10. The maximum absolute atomic E-state index is 12.0. The van der Waals surface area contributed by atoms with E-state index in [4.69, 9.17) is 23.2 Å². The molecule has 0 unspecified atom stereocenters.